The first kappa shape index (κ1) is 22.4. The molecule has 2 aromatic heterocycles. The van der Waals surface area contributed by atoms with E-state index in [-0.39, 0.29) is 17.9 Å². The van der Waals surface area contributed by atoms with Crippen molar-refractivity contribution < 1.29 is 9.90 Å². The Morgan fingerprint density at radius 1 is 1.26 bits per heavy atom. The lowest BCUT2D eigenvalue weighted by Gasteiger charge is -2.31. The van der Waals surface area contributed by atoms with Crippen LogP contribution >= 0.6 is 0 Å². The van der Waals surface area contributed by atoms with E-state index in [2.05, 4.69) is 34.0 Å². The monoisotopic (exact) mass is 458 g/mol. The fraction of sp³-hybridized carbons (Fsp3) is 0.423. The summed E-state index contributed by atoms with van der Waals surface area (Å²) in [6.07, 6.45) is 7.99. The van der Waals surface area contributed by atoms with Gasteiger partial charge >= 0.3 is 0 Å². The summed E-state index contributed by atoms with van der Waals surface area (Å²) in [5.41, 5.74) is 7.14. The molecule has 1 atom stereocenters. The van der Waals surface area contributed by atoms with Crippen molar-refractivity contribution in [1.29, 1.82) is 0 Å². The molecular weight excluding hydrogens is 428 g/mol. The molecule has 1 aliphatic carbocycles. The number of nitrogen functional groups attached to an aromatic ring is 1. The fourth-order valence-corrected chi connectivity index (χ4v) is 4.90. The van der Waals surface area contributed by atoms with Gasteiger partial charge in [0.2, 0.25) is 5.95 Å². The van der Waals surface area contributed by atoms with E-state index >= 15 is 0 Å². The molecule has 8 heteroatoms. The van der Waals surface area contributed by atoms with E-state index < -0.39 is 5.60 Å². The summed E-state index contributed by atoms with van der Waals surface area (Å²) < 4.78 is 1.87. The van der Waals surface area contributed by atoms with Gasteiger partial charge in [0, 0.05) is 49.0 Å². The third-order valence-electron chi connectivity index (χ3n) is 6.72. The Hall–Kier alpha value is -3.41. The Morgan fingerprint density at radius 3 is 2.85 bits per heavy atom. The molecule has 8 nitrogen and oxygen atoms in total. The number of hydrogen-bond acceptors (Lipinski definition) is 6. The van der Waals surface area contributed by atoms with E-state index in [1.165, 1.54) is 0 Å². The number of nitrogens with two attached hydrogens (primary N) is 1. The maximum atomic E-state index is 13.5. The van der Waals surface area contributed by atoms with Gasteiger partial charge in [-0.2, -0.15) is 4.98 Å². The van der Waals surface area contributed by atoms with Crippen LogP contribution in [-0.4, -0.2) is 61.7 Å². The number of nitrogens with one attached hydrogen (secondary N) is 1. The number of carbonyl (C=O) groups is 1. The van der Waals surface area contributed by atoms with Crippen LogP contribution in [0, 0.1) is 11.8 Å². The highest BCUT2D eigenvalue weighted by atomic mass is 16.3. The molecule has 1 amide bonds. The van der Waals surface area contributed by atoms with Crippen molar-refractivity contribution in [2.75, 3.05) is 25.4 Å². The van der Waals surface area contributed by atoms with E-state index in [1.54, 1.807) is 12.3 Å². The predicted octanol–water partition coefficient (Wildman–Crippen LogP) is 2.48. The minimum absolute atomic E-state index is 0.00511. The normalized spacial score (nSPS) is 20.1. The first-order valence-electron chi connectivity index (χ1n) is 11.9. The highest BCUT2D eigenvalue weighted by Gasteiger charge is 2.27. The average Bonchev–Trinajstić information content (AvgIpc) is 3.22. The van der Waals surface area contributed by atoms with Gasteiger partial charge in [0.1, 0.15) is 11.4 Å². The van der Waals surface area contributed by atoms with Crippen LogP contribution in [0.4, 0.5) is 5.95 Å². The molecule has 1 aromatic carbocycles. The van der Waals surface area contributed by atoms with Crippen LogP contribution in [0.15, 0.2) is 36.7 Å². The van der Waals surface area contributed by atoms with E-state index in [9.17, 15) is 9.90 Å². The maximum absolute atomic E-state index is 13.5. The quantitative estimate of drug-likeness (QED) is 0.509. The number of piperazine rings is 1. The zero-order valence-electron chi connectivity index (χ0n) is 19.4. The maximum Gasteiger partial charge on any atom is 0.256 e. The number of nitrogens with zero attached hydrogens (tertiary/aromatic N) is 4. The van der Waals surface area contributed by atoms with E-state index in [0.717, 1.165) is 42.3 Å². The topological polar surface area (TPSA) is 109 Å². The lowest BCUT2D eigenvalue weighted by atomic mass is 9.85. The van der Waals surface area contributed by atoms with Crippen molar-refractivity contribution in [1.82, 2.24) is 24.8 Å². The lowest BCUT2D eigenvalue weighted by molar-refractivity contribution is 0.0610. The van der Waals surface area contributed by atoms with Crippen molar-refractivity contribution in [3.63, 3.8) is 0 Å². The number of rotatable bonds is 2. The number of aliphatic hydroxyl groups is 1. The minimum Gasteiger partial charge on any atom is -0.378 e. The van der Waals surface area contributed by atoms with Crippen molar-refractivity contribution in [3.05, 3.63) is 47.8 Å². The molecule has 1 aliphatic heterocycles. The molecule has 1 saturated carbocycles. The van der Waals surface area contributed by atoms with Crippen molar-refractivity contribution >= 4 is 22.8 Å². The Balaban J connectivity index is 1.58. The molecule has 34 heavy (non-hydrogen) atoms. The SMILES string of the molecule is C[C@@H]1CN(C(=O)c2cn(-c3ccnc(N)n3)c3cc(C#CC4(O)CCCCC4)ccc23)CCN1. The van der Waals surface area contributed by atoms with Gasteiger partial charge in [-0.25, -0.2) is 4.98 Å². The number of anilines is 1. The molecule has 176 valence electrons. The van der Waals surface area contributed by atoms with Crippen molar-refractivity contribution in [2.24, 2.45) is 0 Å². The first-order chi connectivity index (χ1) is 16.4. The zero-order valence-corrected chi connectivity index (χ0v) is 19.4. The predicted molar refractivity (Wildman–Crippen MR) is 132 cm³/mol. The summed E-state index contributed by atoms with van der Waals surface area (Å²) in [6, 6.07) is 7.81. The molecule has 1 saturated heterocycles. The molecule has 5 rings (SSSR count). The van der Waals surface area contributed by atoms with Gasteiger partial charge in [0.25, 0.3) is 5.91 Å². The van der Waals surface area contributed by atoms with Gasteiger partial charge in [-0.1, -0.05) is 24.3 Å². The smallest absolute Gasteiger partial charge is 0.256 e. The summed E-state index contributed by atoms with van der Waals surface area (Å²) in [5, 5.41) is 15.0. The number of carbonyl (C=O) groups excluding carboxylic acids is 1. The standard InChI is InChI=1S/C26H30N6O2/c1-18-16-31(14-13-28-18)24(33)21-17-32(23-8-12-29-25(27)30-23)22-15-19(5-6-20(21)22)7-11-26(34)9-3-2-4-10-26/h5-6,8,12,15,17-18,28,34H,2-4,9-10,13-14,16H2,1H3,(H2,27,29,30)/t18-/m1/s1. The second-order valence-corrected chi connectivity index (χ2v) is 9.37. The molecule has 2 fully saturated rings. The Kier molecular flexibility index (Phi) is 5.98. The number of benzene rings is 1. The Bertz CT molecular complexity index is 1280. The molecule has 0 bridgehead atoms. The molecule has 0 unspecified atom stereocenters. The molecule has 0 radical (unpaired) electrons. The van der Waals surface area contributed by atoms with Crippen LogP contribution in [0.25, 0.3) is 16.7 Å². The van der Waals surface area contributed by atoms with Gasteiger partial charge in [-0.15, -0.1) is 0 Å². The largest absolute Gasteiger partial charge is 0.378 e. The molecule has 4 N–H and O–H groups in total. The summed E-state index contributed by atoms with van der Waals surface area (Å²) in [6.45, 7) is 4.18. The summed E-state index contributed by atoms with van der Waals surface area (Å²) in [7, 11) is 0. The molecule has 0 spiro atoms. The molecule has 3 aromatic rings. The summed E-state index contributed by atoms with van der Waals surface area (Å²) in [4.78, 5) is 23.8. The van der Waals surface area contributed by atoms with E-state index in [0.29, 0.717) is 37.3 Å². The van der Waals surface area contributed by atoms with E-state index in [4.69, 9.17) is 5.73 Å². The van der Waals surface area contributed by atoms with Crippen LogP contribution in [0.5, 0.6) is 0 Å². The van der Waals surface area contributed by atoms with Crippen LogP contribution in [0.2, 0.25) is 0 Å². The van der Waals surface area contributed by atoms with Gasteiger partial charge in [0.15, 0.2) is 0 Å². The Labute approximate surface area is 199 Å². The van der Waals surface area contributed by atoms with Crippen LogP contribution in [0.3, 0.4) is 0 Å². The van der Waals surface area contributed by atoms with Crippen LogP contribution < -0.4 is 11.1 Å². The van der Waals surface area contributed by atoms with Gasteiger partial charge in [-0.05, 0) is 50.8 Å². The Morgan fingerprint density at radius 2 is 2.09 bits per heavy atom. The van der Waals surface area contributed by atoms with Crippen molar-refractivity contribution in [3.8, 4) is 17.7 Å². The first-order valence-corrected chi connectivity index (χ1v) is 11.9. The molecule has 3 heterocycles. The zero-order chi connectivity index (χ0) is 23.7. The summed E-state index contributed by atoms with van der Waals surface area (Å²) >= 11 is 0. The van der Waals surface area contributed by atoms with Gasteiger partial charge < -0.3 is 25.6 Å². The summed E-state index contributed by atoms with van der Waals surface area (Å²) in [5.74, 6) is 7.02. The number of fused-ring (bicyclic) bond motifs is 1. The number of hydrogen-bond donors (Lipinski definition) is 3. The third kappa shape index (κ3) is 4.49. The average molecular weight is 459 g/mol. The highest BCUT2D eigenvalue weighted by Crippen LogP contribution is 2.29. The second-order valence-electron chi connectivity index (χ2n) is 9.37. The van der Waals surface area contributed by atoms with E-state index in [1.807, 2.05) is 33.9 Å². The number of amides is 1. The van der Waals surface area contributed by atoms with Gasteiger partial charge in [0.05, 0.1) is 11.1 Å². The number of aromatic nitrogens is 3. The van der Waals surface area contributed by atoms with Crippen LogP contribution in [0.1, 0.15) is 54.9 Å². The molecule has 2 aliphatic rings. The van der Waals surface area contributed by atoms with Gasteiger partial charge in [-0.3, -0.25) is 4.79 Å². The highest BCUT2D eigenvalue weighted by molar-refractivity contribution is 6.07. The fourth-order valence-electron chi connectivity index (χ4n) is 4.90. The molecular formula is C26H30N6O2. The van der Waals surface area contributed by atoms with Crippen LogP contribution in [-0.2, 0) is 0 Å². The van der Waals surface area contributed by atoms with Crippen molar-refractivity contribution in [2.45, 2.75) is 50.7 Å². The minimum atomic E-state index is -0.920. The lowest BCUT2D eigenvalue weighted by Crippen LogP contribution is -2.51. The second kappa shape index (κ2) is 9.09. The third-order valence-corrected chi connectivity index (χ3v) is 6.72.